The van der Waals surface area contributed by atoms with Crippen LogP contribution < -0.4 is 4.74 Å². The van der Waals surface area contributed by atoms with Gasteiger partial charge in [-0.3, -0.25) is 4.84 Å². The highest BCUT2D eigenvalue weighted by atomic mass is 19.1. The van der Waals surface area contributed by atoms with E-state index in [4.69, 9.17) is 14.8 Å². The van der Waals surface area contributed by atoms with Crippen LogP contribution in [0, 0.1) is 23.0 Å². The quantitative estimate of drug-likeness (QED) is 0.867. The van der Waals surface area contributed by atoms with E-state index in [0.717, 1.165) is 23.4 Å². The van der Waals surface area contributed by atoms with Crippen molar-refractivity contribution in [1.29, 1.82) is 5.26 Å². The molecule has 23 heavy (non-hydrogen) atoms. The highest BCUT2D eigenvalue weighted by Crippen LogP contribution is 2.33. The molecular weight excluding hydrogens is 304 g/mol. The van der Waals surface area contributed by atoms with Crippen molar-refractivity contribution >= 4 is 12.0 Å². The number of hydrogen-bond donors (Lipinski definition) is 0. The third-order valence-corrected chi connectivity index (χ3v) is 3.33. The van der Waals surface area contributed by atoms with Gasteiger partial charge < -0.3 is 4.74 Å². The summed E-state index contributed by atoms with van der Waals surface area (Å²) in [4.78, 5) is 9.26. The molecule has 0 unspecified atom stereocenters. The van der Waals surface area contributed by atoms with Gasteiger partial charge in [0.05, 0.1) is 19.3 Å². The molecule has 3 rings (SSSR count). The first-order valence-corrected chi connectivity index (χ1v) is 6.66. The number of fused-ring (bicyclic) bond motifs is 1. The maximum atomic E-state index is 13.9. The van der Waals surface area contributed by atoms with Crippen molar-refractivity contribution in [2.45, 2.75) is 6.54 Å². The Morgan fingerprint density at radius 3 is 2.74 bits per heavy atom. The van der Waals surface area contributed by atoms with Gasteiger partial charge in [-0.1, -0.05) is 0 Å². The average Bonchev–Trinajstić information content (AvgIpc) is 2.57. The molecule has 0 bridgehead atoms. The van der Waals surface area contributed by atoms with Crippen LogP contribution in [0.2, 0.25) is 0 Å². The molecule has 116 valence electrons. The fraction of sp³-hybridized carbons (Fsp3) is 0.125. The zero-order chi connectivity index (χ0) is 16.4. The number of benzene rings is 2. The number of aliphatic imine (C=N–C) groups is 1. The summed E-state index contributed by atoms with van der Waals surface area (Å²) in [5.41, 5.74) is 1.05. The second-order valence-corrected chi connectivity index (χ2v) is 4.74. The van der Waals surface area contributed by atoms with Crippen LogP contribution >= 0.6 is 0 Å². The molecule has 0 aliphatic carbocycles. The minimum Gasteiger partial charge on any atom is -0.453 e. The van der Waals surface area contributed by atoms with Crippen LogP contribution in [0.25, 0.3) is 0 Å². The molecule has 0 aromatic heterocycles. The molecule has 0 radical (unpaired) electrons. The van der Waals surface area contributed by atoms with Gasteiger partial charge in [-0.05, 0) is 30.3 Å². The third kappa shape index (κ3) is 2.84. The van der Waals surface area contributed by atoms with Gasteiger partial charge in [-0.15, -0.1) is 0 Å². The second kappa shape index (κ2) is 6.02. The molecule has 0 atom stereocenters. The minimum absolute atomic E-state index is 0.276. The molecular formula is C16H11F2N3O2. The molecule has 5 nitrogen and oxygen atoms in total. The second-order valence-electron chi connectivity index (χ2n) is 4.74. The van der Waals surface area contributed by atoms with Crippen LogP contribution in [0.5, 0.6) is 11.5 Å². The lowest BCUT2D eigenvalue weighted by Gasteiger charge is -2.22. The van der Waals surface area contributed by atoms with Crippen molar-refractivity contribution in [3.8, 4) is 17.6 Å². The van der Waals surface area contributed by atoms with Crippen LogP contribution in [-0.4, -0.2) is 18.5 Å². The van der Waals surface area contributed by atoms with Crippen LogP contribution in [0.4, 0.5) is 14.5 Å². The number of hydrogen-bond acceptors (Lipinski definition) is 5. The Balaban J connectivity index is 1.96. The molecule has 0 fully saturated rings. The molecule has 0 saturated carbocycles. The normalized spacial score (nSPS) is 12.7. The van der Waals surface area contributed by atoms with Crippen molar-refractivity contribution in [2.24, 2.45) is 4.99 Å². The molecule has 1 aliphatic rings. The first kappa shape index (κ1) is 14.9. The van der Waals surface area contributed by atoms with Gasteiger partial charge in [0.2, 0.25) is 0 Å². The molecule has 2 aromatic carbocycles. The largest absolute Gasteiger partial charge is 0.453 e. The average molecular weight is 315 g/mol. The van der Waals surface area contributed by atoms with Gasteiger partial charge in [0.25, 0.3) is 0 Å². The van der Waals surface area contributed by atoms with Crippen molar-refractivity contribution in [1.82, 2.24) is 5.06 Å². The van der Waals surface area contributed by atoms with Gasteiger partial charge in [0.1, 0.15) is 29.5 Å². The minimum atomic E-state index is -0.836. The van der Waals surface area contributed by atoms with E-state index < -0.39 is 22.9 Å². The van der Waals surface area contributed by atoms with Gasteiger partial charge in [0, 0.05) is 5.56 Å². The number of hydroxylamine groups is 2. The smallest absolute Gasteiger partial charge is 0.183 e. The lowest BCUT2D eigenvalue weighted by atomic mass is 10.1. The summed E-state index contributed by atoms with van der Waals surface area (Å²) in [6, 6.07) is 8.32. The van der Waals surface area contributed by atoms with Gasteiger partial charge in [0.15, 0.2) is 11.6 Å². The van der Waals surface area contributed by atoms with Gasteiger partial charge in [-0.25, -0.2) is 18.8 Å². The predicted octanol–water partition coefficient (Wildman–Crippen LogP) is 3.67. The van der Waals surface area contributed by atoms with E-state index in [-0.39, 0.29) is 5.75 Å². The van der Waals surface area contributed by atoms with E-state index in [1.165, 1.54) is 12.2 Å². The number of nitriles is 1. The number of halogens is 2. The fourth-order valence-corrected chi connectivity index (χ4v) is 2.18. The number of ether oxygens (including phenoxy) is 1. The maximum absolute atomic E-state index is 13.9. The summed E-state index contributed by atoms with van der Waals surface area (Å²) in [5, 5.41) is 10.5. The first-order chi connectivity index (χ1) is 11.1. The molecule has 0 amide bonds. The lowest BCUT2D eigenvalue weighted by Crippen LogP contribution is -2.22. The summed E-state index contributed by atoms with van der Waals surface area (Å²) in [5.74, 6) is -1.80. The van der Waals surface area contributed by atoms with Crippen LogP contribution in [0.15, 0.2) is 35.3 Å². The fourth-order valence-electron chi connectivity index (χ4n) is 2.18. The summed E-state index contributed by atoms with van der Waals surface area (Å²) in [7, 11) is 1.51. The summed E-state index contributed by atoms with van der Waals surface area (Å²) in [6.45, 7) is 0.434. The Bertz CT molecular complexity index is 831. The Kier molecular flexibility index (Phi) is 3.91. The summed E-state index contributed by atoms with van der Waals surface area (Å²) < 4.78 is 32.9. The van der Waals surface area contributed by atoms with Crippen LogP contribution in [0.3, 0.4) is 0 Å². The Labute approximate surface area is 131 Å². The first-order valence-electron chi connectivity index (χ1n) is 6.66. The molecule has 2 aromatic rings. The van der Waals surface area contributed by atoms with Gasteiger partial charge in [-0.2, -0.15) is 5.26 Å². The highest BCUT2D eigenvalue weighted by molar-refractivity contribution is 5.66. The van der Waals surface area contributed by atoms with E-state index in [1.54, 1.807) is 30.6 Å². The zero-order valence-electron chi connectivity index (χ0n) is 12.1. The summed E-state index contributed by atoms with van der Waals surface area (Å²) in [6.07, 6.45) is 1.54. The molecule has 1 heterocycles. The van der Waals surface area contributed by atoms with Crippen LogP contribution in [-0.2, 0) is 11.4 Å². The SMILES string of the molecule is CON1C=Nc2ccc(Oc3c(F)ccc(F)c3C#N)cc2C1. The highest BCUT2D eigenvalue weighted by Gasteiger charge is 2.18. The lowest BCUT2D eigenvalue weighted by molar-refractivity contribution is -0.0678. The third-order valence-electron chi connectivity index (χ3n) is 3.33. The molecule has 0 spiro atoms. The Morgan fingerprint density at radius 2 is 2.00 bits per heavy atom. The van der Waals surface area contributed by atoms with Gasteiger partial charge >= 0.3 is 0 Å². The molecule has 7 heteroatoms. The Hall–Kier alpha value is -2.98. The Morgan fingerprint density at radius 1 is 1.22 bits per heavy atom. The zero-order valence-corrected chi connectivity index (χ0v) is 12.1. The van der Waals surface area contributed by atoms with E-state index >= 15 is 0 Å². The van der Waals surface area contributed by atoms with Crippen molar-refractivity contribution < 1.29 is 18.4 Å². The van der Waals surface area contributed by atoms with E-state index in [1.807, 2.05) is 0 Å². The predicted molar refractivity (Wildman–Crippen MR) is 78.3 cm³/mol. The monoisotopic (exact) mass is 315 g/mol. The van der Waals surface area contributed by atoms with E-state index in [2.05, 4.69) is 4.99 Å². The number of nitrogens with zero attached hydrogens (tertiary/aromatic N) is 3. The van der Waals surface area contributed by atoms with Crippen LogP contribution in [0.1, 0.15) is 11.1 Å². The summed E-state index contributed by atoms with van der Waals surface area (Å²) >= 11 is 0. The van der Waals surface area contributed by atoms with Crippen molar-refractivity contribution in [3.05, 3.63) is 53.1 Å². The number of rotatable bonds is 3. The maximum Gasteiger partial charge on any atom is 0.183 e. The van der Waals surface area contributed by atoms with E-state index in [9.17, 15) is 8.78 Å². The molecule has 1 aliphatic heterocycles. The molecule has 0 saturated heterocycles. The topological polar surface area (TPSA) is 57.9 Å². The van der Waals surface area contributed by atoms with Crippen molar-refractivity contribution in [2.75, 3.05) is 7.11 Å². The molecule has 0 N–H and O–H groups in total. The van der Waals surface area contributed by atoms with E-state index in [0.29, 0.717) is 6.54 Å². The standard InChI is InChI=1S/C16H11F2N3O2/c1-22-21-8-10-6-11(2-5-15(10)20-9-21)23-16-12(7-19)13(17)3-4-14(16)18/h2-6,9H,8H2,1H3. The van der Waals surface area contributed by atoms with Crippen molar-refractivity contribution in [3.63, 3.8) is 0 Å².